The monoisotopic (exact) mass is 300 g/mol. The van der Waals surface area contributed by atoms with Crippen molar-refractivity contribution in [3.63, 3.8) is 0 Å². The van der Waals surface area contributed by atoms with Crippen LogP contribution in [-0.2, 0) is 6.54 Å². The summed E-state index contributed by atoms with van der Waals surface area (Å²) in [6.07, 6.45) is 0. The Kier molecular flexibility index (Phi) is 3.42. The third-order valence-electron chi connectivity index (χ3n) is 3.32. The molecular weight excluding hydrogens is 287 g/mol. The number of phenols is 2. The van der Waals surface area contributed by atoms with Crippen molar-refractivity contribution in [3.05, 3.63) is 59.5 Å². The largest absolute Gasteiger partial charge is 0.504 e. The van der Waals surface area contributed by atoms with Gasteiger partial charge in [0.05, 0.1) is 0 Å². The number of H-pyrrole nitrogens is 1. The molecule has 22 heavy (non-hydrogen) atoms. The number of carbonyl (C=O) groups excluding carboxylic acids is 1. The lowest BCUT2D eigenvalue weighted by Crippen LogP contribution is -2.22. The normalized spacial score (nSPS) is 10.8. The van der Waals surface area contributed by atoms with Crippen LogP contribution in [0.2, 0.25) is 0 Å². The van der Waals surface area contributed by atoms with Gasteiger partial charge in [0.25, 0.3) is 5.91 Å². The number of aromatic hydroxyl groups is 2. The quantitative estimate of drug-likeness (QED) is 0.561. The minimum Gasteiger partial charge on any atom is -0.504 e. The van der Waals surface area contributed by atoms with Crippen LogP contribution in [-0.4, -0.2) is 21.1 Å². The van der Waals surface area contributed by atoms with E-state index in [2.05, 4.69) is 10.3 Å². The van der Waals surface area contributed by atoms with Gasteiger partial charge in [-0.1, -0.05) is 6.07 Å². The van der Waals surface area contributed by atoms with Crippen molar-refractivity contribution in [2.24, 2.45) is 0 Å². The molecule has 1 amide bonds. The summed E-state index contributed by atoms with van der Waals surface area (Å²) in [6, 6.07) is 10.1. The van der Waals surface area contributed by atoms with E-state index in [9.17, 15) is 19.4 Å². The number of hydrogen-bond donors (Lipinski definition) is 4. The summed E-state index contributed by atoms with van der Waals surface area (Å²) < 4.78 is 13.1. The topological polar surface area (TPSA) is 85.3 Å². The van der Waals surface area contributed by atoms with Gasteiger partial charge in [-0.2, -0.15) is 0 Å². The third-order valence-corrected chi connectivity index (χ3v) is 3.32. The van der Waals surface area contributed by atoms with Gasteiger partial charge in [-0.05, 0) is 42.0 Å². The van der Waals surface area contributed by atoms with Crippen LogP contribution in [0.4, 0.5) is 4.39 Å². The molecule has 0 aliphatic rings. The first-order chi connectivity index (χ1) is 10.5. The summed E-state index contributed by atoms with van der Waals surface area (Å²) in [5, 5.41) is 21.9. The molecule has 0 radical (unpaired) electrons. The first-order valence-corrected chi connectivity index (χ1v) is 6.60. The number of benzene rings is 2. The molecule has 112 valence electrons. The number of carbonyl (C=O) groups is 1. The molecule has 0 fully saturated rings. The van der Waals surface area contributed by atoms with E-state index in [-0.39, 0.29) is 29.8 Å². The predicted octanol–water partition coefficient (Wildman–Crippen LogP) is 2.65. The van der Waals surface area contributed by atoms with Crippen molar-refractivity contribution in [2.45, 2.75) is 6.54 Å². The molecule has 0 saturated heterocycles. The van der Waals surface area contributed by atoms with E-state index < -0.39 is 0 Å². The number of halogens is 1. The molecule has 0 aliphatic heterocycles. The Labute approximate surface area is 125 Å². The van der Waals surface area contributed by atoms with Crippen molar-refractivity contribution < 1.29 is 19.4 Å². The number of amides is 1. The van der Waals surface area contributed by atoms with E-state index >= 15 is 0 Å². The van der Waals surface area contributed by atoms with Gasteiger partial charge in [0.1, 0.15) is 11.5 Å². The van der Waals surface area contributed by atoms with E-state index in [1.165, 1.54) is 24.3 Å². The van der Waals surface area contributed by atoms with E-state index in [0.29, 0.717) is 22.2 Å². The summed E-state index contributed by atoms with van der Waals surface area (Å²) in [6.45, 7) is 0.191. The van der Waals surface area contributed by atoms with Gasteiger partial charge in [-0.3, -0.25) is 4.79 Å². The number of rotatable bonds is 3. The lowest BCUT2D eigenvalue weighted by molar-refractivity contribution is 0.0946. The Morgan fingerprint density at radius 1 is 1.09 bits per heavy atom. The second kappa shape index (κ2) is 5.40. The van der Waals surface area contributed by atoms with Gasteiger partial charge < -0.3 is 20.5 Å². The molecular formula is C16H13FN2O3. The Balaban J connectivity index is 1.74. The number of fused-ring (bicyclic) bond motifs is 1. The Bertz CT molecular complexity index is 858. The molecule has 4 N–H and O–H groups in total. The fourth-order valence-electron chi connectivity index (χ4n) is 2.18. The van der Waals surface area contributed by atoms with Crippen LogP contribution in [0, 0.1) is 5.82 Å². The molecule has 0 unspecified atom stereocenters. The van der Waals surface area contributed by atoms with Crippen LogP contribution >= 0.6 is 0 Å². The average Bonchev–Trinajstić information content (AvgIpc) is 2.91. The molecule has 0 bridgehead atoms. The van der Waals surface area contributed by atoms with Crippen LogP contribution in [0.5, 0.6) is 11.5 Å². The summed E-state index contributed by atoms with van der Waals surface area (Å²) in [5.74, 6) is -1.16. The standard InChI is InChI=1S/C16H13FN2O3/c17-11-2-3-12-10(6-11)7-13(19-12)16(22)18-8-9-1-4-14(20)15(21)5-9/h1-7,19-21H,8H2,(H,18,22). The summed E-state index contributed by atoms with van der Waals surface area (Å²) in [7, 11) is 0. The number of aromatic nitrogens is 1. The molecule has 0 saturated carbocycles. The average molecular weight is 300 g/mol. The van der Waals surface area contributed by atoms with Gasteiger partial charge in [0.15, 0.2) is 11.5 Å². The van der Waals surface area contributed by atoms with Gasteiger partial charge in [0.2, 0.25) is 0 Å². The van der Waals surface area contributed by atoms with E-state index in [1.54, 1.807) is 18.2 Å². The summed E-state index contributed by atoms with van der Waals surface area (Å²) in [5.41, 5.74) is 1.64. The SMILES string of the molecule is O=C(NCc1ccc(O)c(O)c1)c1cc2cc(F)ccc2[nH]1. The molecule has 3 aromatic rings. The van der Waals surface area contributed by atoms with Crippen molar-refractivity contribution in [3.8, 4) is 11.5 Å². The second-order valence-electron chi connectivity index (χ2n) is 4.92. The number of hydrogen-bond acceptors (Lipinski definition) is 3. The predicted molar refractivity (Wildman–Crippen MR) is 79.2 cm³/mol. The van der Waals surface area contributed by atoms with Gasteiger partial charge in [0, 0.05) is 17.4 Å². The smallest absolute Gasteiger partial charge is 0.267 e. The van der Waals surface area contributed by atoms with Crippen molar-refractivity contribution in [1.82, 2.24) is 10.3 Å². The van der Waals surface area contributed by atoms with Crippen LogP contribution in [0.15, 0.2) is 42.5 Å². The molecule has 1 heterocycles. The fourth-order valence-corrected chi connectivity index (χ4v) is 2.18. The molecule has 2 aromatic carbocycles. The molecule has 1 aromatic heterocycles. The van der Waals surface area contributed by atoms with E-state index in [1.807, 2.05) is 0 Å². The second-order valence-corrected chi connectivity index (χ2v) is 4.92. The molecule has 6 heteroatoms. The molecule has 5 nitrogen and oxygen atoms in total. The van der Waals surface area contributed by atoms with Gasteiger partial charge in [-0.15, -0.1) is 0 Å². The lowest BCUT2D eigenvalue weighted by atomic mass is 10.2. The van der Waals surface area contributed by atoms with Crippen molar-refractivity contribution >= 4 is 16.8 Å². The first kappa shape index (κ1) is 13.9. The zero-order valence-corrected chi connectivity index (χ0v) is 11.4. The number of phenolic OH excluding ortho intramolecular Hbond substituents is 2. The molecule has 0 aliphatic carbocycles. The fraction of sp³-hybridized carbons (Fsp3) is 0.0625. The molecule has 0 spiro atoms. The molecule has 3 rings (SSSR count). The van der Waals surface area contributed by atoms with E-state index in [4.69, 9.17) is 0 Å². The Morgan fingerprint density at radius 2 is 1.91 bits per heavy atom. The van der Waals surface area contributed by atoms with Crippen LogP contribution in [0.25, 0.3) is 10.9 Å². The summed E-state index contributed by atoms with van der Waals surface area (Å²) in [4.78, 5) is 15.0. The maximum Gasteiger partial charge on any atom is 0.267 e. The highest BCUT2D eigenvalue weighted by molar-refractivity contribution is 5.97. The minimum absolute atomic E-state index is 0.191. The van der Waals surface area contributed by atoms with Crippen molar-refractivity contribution in [1.29, 1.82) is 0 Å². The van der Waals surface area contributed by atoms with Crippen LogP contribution in [0.1, 0.15) is 16.1 Å². The maximum atomic E-state index is 13.1. The summed E-state index contributed by atoms with van der Waals surface area (Å²) >= 11 is 0. The van der Waals surface area contributed by atoms with Gasteiger partial charge >= 0.3 is 0 Å². The highest BCUT2D eigenvalue weighted by Crippen LogP contribution is 2.24. The Morgan fingerprint density at radius 3 is 2.68 bits per heavy atom. The first-order valence-electron chi connectivity index (χ1n) is 6.60. The van der Waals surface area contributed by atoms with E-state index in [0.717, 1.165) is 0 Å². The van der Waals surface area contributed by atoms with Crippen LogP contribution < -0.4 is 5.32 Å². The third kappa shape index (κ3) is 2.71. The highest BCUT2D eigenvalue weighted by Gasteiger charge is 2.10. The van der Waals surface area contributed by atoms with Gasteiger partial charge in [-0.25, -0.2) is 4.39 Å². The van der Waals surface area contributed by atoms with Crippen molar-refractivity contribution in [2.75, 3.05) is 0 Å². The Hall–Kier alpha value is -3.02. The lowest BCUT2D eigenvalue weighted by Gasteiger charge is -2.05. The zero-order valence-electron chi connectivity index (χ0n) is 11.4. The number of aromatic amines is 1. The number of nitrogens with one attached hydrogen (secondary N) is 2. The van der Waals surface area contributed by atoms with Crippen LogP contribution in [0.3, 0.4) is 0 Å². The highest BCUT2D eigenvalue weighted by atomic mass is 19.1. The minimum atomic E-state index is -0.363. The maximum absolute atomic E-state index is 13.1. The molecule has 0 atom stereocenters. The zero-order chi connectivity index (χ0) is 15.7.